The van der Waals surface area contributed by atoms with Gasteiger partial charge in [-0.25, -0.2) is 0 Å². The Hall–Kier alpha value is -2.25. The van der Waals surface area contributed by atoms with E-state index in [1.807, 2.05) is 30.3 Å². The first-order chi connectivity index (χ1) is 12.5. The molecule has 1 N–H and O–H groups in total. The lowest BCUT2D eigenvalue weighted by molar-refractivity contribution is -0.122. The van der Waals surface area contributed by atoms with Gasteiger partial charge in [0.1, 0.15) is 0 Å². The fourth-order valence-electron chi connectivity index (χ4n) is 2.55. The van der Waals surface area contributed by atoms with Crippen LogP contribution in [-0.2, 0) is 11.2 Å². The summed E-state index contributed by atoms with van der Waals surface area (Å²) in [5, 5.41) is 9.50. The van der Waals surface area contributed by atoms with Gasteiger partial charge in [-0.2, -0.15) is 0 Å². The normalized spacial score (nSPS) is 15.8. The van der Waals surface area contributed by atoms with Crippen LogP contribution in [0.3, 0.4) is 0 Å². The zero-order valence-corrected chi connectivity index (χ0v) is 16.3. The molecule has 1 fully saturated rings. The van der Waals surface area contributed by atoms with E-state index in [2.05, 4.69) is 15.9 Å². The SMILES string of the molecule is COc1cc(/C=C2\SC(=O)N(CCc3ccccc3)C2=O)c(Br)cc1O. The molecule has 134 valence electrons. The zero-order valence-electron chi connectivity index (χ0n) is 13.9. The summed E-state index contributed by atoms with van der Waals surface area (Å²) in [6.07, 6.45) is 2.24. The van der Waals surface area contributed by atoms with E-state index in [1.54, 1.807) is 12.1 Å². The van der Waals surface area contributed by atoms with Crippen LogP contribution in [0.2, 0.25) is 0 Å². The van der Waals surface area contributed by atoms with Crippen molar-refractivity contribution in [1.82, 2.24) is 4.90 Å². The molecule has 3 rings (SSSR count). The quantitative estimate of drug-likeness (QED) is 0.705. The number of imide groups is 1. The molecule has 1 heterocycles. The van der Waals surface area contributed by atoms with E-state index in [9.17, 15) is 14.7 Å². The van der Waals surface area contributed by atoms with Gasteiger partial charge in [-0.15, -0.1) is 0 Å². The van der Waals surface area contributed by atoms with Gasteiger partial charge >= 0.3 is 0 Å². The van der Waals surface area contributed by atoms with Crippen LogP contribution in [-0.4, -0.2) is 34.8 Å². The third-order valence-electron chi connectivity index (χ3n) is 3.93. The fourth-order valence-corrected chi connectivity index (χ4v) is 3.85. The summed E-state index contributed by atoms with van der Waals surface area (Å²) in [6.45, 7) is 0.339. The number of hydrogen-bond donors (Lipinski definition) is 1. The topological polar surface area (TPSA) is 66.8 Å². The molecule has 0 aliphatic carbocycles. The van der Waals surface area contributed by atoms with Gasteiger partial charge in [-0.05, 0) is 47.5 Å². The minimum Gasteiger partial charge on any atom is -0.504 e. The summed E-state index contributed by atoms with van der Waals surface area (Å²) in [4.78, 5) is 26.4. The second kappa shape index (κ2) is 7.97. The molecule has 0 atom stereocenters. The highest BCUT2D eigenvalue weighted by Gasteiger charge is 2.34. The molecule has 0 aromatic heterocycles. The molecule has 1 saturated heterocycles. The summed E-state index contributed by atoms with van der Waals surface area (Å²) in [5.41, 5.74) is 1.72. The number of amides is 2. The summed E-state index contributed by atoms with van der Waals surface area (Å²) in [5.74, 6) is -0.0230. The highest BCUT2D eigenvalue weighted by molar-refractivity contribution is 9.10. The largest absolute Gasteiger partial charge is 0.504 e. The van der Waals surface area contributed by atoms with Crippen LogP contribution in [0.15, 0.2) is 51.8 Å². The number of nitrogens with zero attached hydrogens (tertiary/aromatic N) is 1. The first-order valence-corrected chi connectivity index (χ1v) is 9.46. The molecule has 2 amide bonds. The van der Waals surface area contributed by atoms with Crippen molar-refractivity contribution in [2.75, 3.05) is 13.7 Å². The number of benzene rings is 2. The molecule has 26 heavy (non-hydrogen) atoms. The second-order valence-corrected chi connectivity index (χ2v) is 7.46. The van der Waals surface area contributed by atoms with Crippen LogP contribution in [0.5, 0.6) is 11.5 Å². The molecular weight excluding hydrogens is 418 g/mol. The molecular formula is C19H16BrNO4S. The van der Waals surface area contributed by atoms with E-state index in [1.165, 1.54) is 18.1 Å². The molecule has 2 aromatic carbocycles. The molecule has 2 aromatic rings. The summed E-state index contributed by atoms with van der Waals surface area (Å²) in [7, 11) is 1.45. The maximum atomic E-state index is 12.6. The van der Waals surface area contributed by atoms with Gasteiger partial charge in [-0.1, -0.05) is 46.3 Å². The predicted molar refractivity (Wildman–Crippen MR) is 105 cm³/mol. The van der Waals surface area contributed by atoms with Gasteiger partial charge in [0, 0.05) is 11.0 Å². The molecule has 0 spiro atoms. The standard InChI is InChI=1S/C19H16BrNO4S/c1-25-16-9-13(14(20)11-15(16)22)10-17-18(23)21(19(24)26-17)8-7-12-5-3-2-4-6-12/h2-6,9-11,22H,7-8H2,1H3/b17-10-. The maximum Gasteiger partial charge on any atom is 0.293 e. The minimum atomic E-state index is -0.310. The van der Waals surface area contributed by atoms with E-state index in [-0.39, 0.29) is 16.9 Å². The van der Waals surface area contributed by atoms with Gasteiger partial charge in [0.2, 0.25) is 0 Å². The molecule has 0 saturated carbocycles. The van der Waals surface area contributed by atoms with Crippen LogP contribution < -0.4 is 4.74 Å². The van der Waals surface area contributed by atoms with Crippen LogP contribution in [0.25, 0.3) is 6.08 Å². The Morgan fingerprint density at radius 2 is 1.96 bits per heavy atom. The third kappa shape index (κ3) is 3.94. The molecule has 1 aliphatic rings. The molecule has 1 aliphatic heterocycles. The number of rotatable bonds is 5. The average molecular weight is 434 g/mol. The zero-order chi connectivity index (χ0) is 18.7. The van der Waals surface area contributed by atoms with Crippen molar-refractivity contribution in [2.45, 2.75) is 6.42 Å². The predicted octanol–water partition coefficient (Wildman–Crippen LogP) is 4.44. The minimum absolute atomic E-state index is 0.00695. The number of phenols is 1. The Morgan fingerprint density at radius 1 is 1.23 bits per heavy atom. The molecule has 0 unspecified atom stereocenters. The highest BCUT2D eigenvalue weighted by atomic mass is 79.9. The fraction of sp³-hybridized carbons (Fsp3) is 0.158. The number of phenolic OH excluding ortho intramolecular Hbond substituents is 1. The number of aromatic hydroxyl groups is 1. The monoisotopic (exact) mass is 433 g/mol. The van der Waals surface area contributed by atoms with E-state index < -0.39 is 0 Å². The van der Waals surface area contributed by atoms with Crippen LogP contribution >= 0.6 is 27.7 Å². The van der Waals surface area contributed by atoms with Crippen molar-refractivity contribution in [3.05, 3.63) is 63.0 Å². The van der Waals surface area contributed by atoms with Gasteiger partial charge in [0.05, 0.1) is 12.0 Å². The summed E-state index contributed by atoms with van der Waals surface area (Å²) in [6, 6.07) is 12.8. The van der Waals surface area contributed by atoms with Gasteiger partial charge in [0.15, 0.2) is 11.5 Å². The lowest BCUT2D eigenvalue weighted by Crippen LogP contribution is -2.30. The first kappa shape index (κ1) is 18.5. The Morgan fingerprint density at radius 3 is 2.65 bits per heavy atom. The smallest absolute Gasteiger partial charge is 0.293 e. The van der Waals surface area contributed by atoms with Crippen molar-refractivity contribution in [1.29, 1.82) is 0 Å². The van der Waals surface area contributed by atoms with Crippen LogP contribution in [0, 0.1) is 0 Å². The molecule has 7 heteroatoms. The van der Waals surface area contributed by atoms with Crippen molar-refractivity contribution in [3.63, 3.8) is 0 Å². The number of ether oxygens (including phenoxy) is 1. The number of methoxy groups -OCH3 is 1. The number of hydrogen-bond acceptors (Lipinski definition) is 5. The van der Waals surface area contributed by atoms with Crippen LogP contribution in [0.1, 0.15) is 11.1 Å². The number of thioether (sulfide) groups is 1. The second-order valence-electron chi connectivity index (χ2n) is 5.61. The highest BCUT2D eigenvalue weighted by Crippen LogP contribution is 2.37. The van der Waals surface area contributed by atoms with Crippen molar-refractivity contribution in [2.24, 2.45) is 0 Å². The van der Waals surface area contributed by atoms with Crippen molar-refractivity contribution < 1.29 is 19.4 Å². The summed E-state index contributed by atoms with van der Waals surface area (Å²) < 4.78 is 5.70. The lowest BCUT2D eigenvalue weighted by Gasteiger charge is -2.12. The van der Waals surface area contributed by atoms with E-state index in [4.69, 9.17) is 4.74 Å². The lowest BCUT2D eigenvalue weighted by atomic mass is 10.1. The van der Waals surface area contributed by atoms with Gasteiger partial charge in [0.25, 0.3) is 11.1 Å². The number of carbonyl (C=O) groups is 2. The third-order valence-corrected chi connectivity index (χ3v) is 5.52. The first-order valence-electron chi connectivity index (χ1n) is 7.85. The van der Waals surface area contributed by atoms with Gasteiger partial charge < -0.3 is 9.84 Å². The Bertz CT molecular complexity index is 883. The van der Waals surface area contributed by atoms with Gasteiger partial charge in [-0.3, -0.25) is 14.5 Å². The van der Waals surface area contributed by atoms with Crippen LogP contribution in [0.4, 0.5) is 4.79 Å². The van der Waals surface area contributed by atoms with E-state index >= 15 is 0 Å². The maximum absolute atomic E-state index is 12.6. The van der Waals surface area contributed by atoms with E-state index in [0.717, 1.165) is 17.3 Å². The van der Waals surface area contributed by atoms with Crippen molar-refractivity contribution >= 4 is 44.9 Å². The molecule has 0 bridgehead atoms. The van der Waals surface area contributed by atoms with E-state index in [0.29, 0.717) is 33.7 Å². The number of halogens is 1. The van der Waals surface area contributed by atoms with Crippen molar-refractivity contribution in [3.8, 4) is 11.5 Å². The Labute approximate surface area is 163 Å². The molecule has 0 radical (unpaired) electrons. The Balaban J connectivity index is 1.79. The Kier molecular flexibility index (Phi) is 5.68. The summed E-state index contributed by atoms with van der Waals surface area (Å²) >= 11 is 4.26. The number of carbonyl (C=O) groups excluding carboxylic acids is 2. The average Bonchev–Trinajstić information content (AvgIpc) is 2.89. The molecule has 5 nitrogen and oxygen atoms in total.